The first kappa shape index (κ1) is 14.9. The Morgan fingerprint density at radius 1 is 1.37 bits per heavy atom. The maximum atomic E-state index is 6.23. The summed E-state index contributed by atoms with van der Waals surface area (Å²) in [5.74, 6) is 3.50. The van der Waals surface area contributed by atoms with Crippen molar-refractivity contribution in [2.75, 3.05) is 29.5 Å². The molecule has 0 radical (unpaired) electrons. The first-order chi connectivity index (χ1) is 9.16. The van der Waals surface area contributed by atoms with E-state index in [-0.39, 0.29) is 0 Å². The van der Waals surface area contributed by atoms with Gasteiger partial charge >= 0.3 is 0 Å². The molecule has 1 fully saturated rings. The summed E-state index contributed by atoms with van der Waals surface area (Å²) in [7, 11) is 0. The summed E-state index contributed by atoms with van der Waals surface area (Å²) >= 11 is 8.25. The third-order valence-corrected chi connectivity index (χ3v) is 4.52. The smallest absolute Gasteiger partial charge is 0.128 e. The second kappa shape index (κ2) is 7.36. The van der Waals surface area contributed by atoms with Crippen LogP contribution < -0.4 is 10.2 Å². The van der Waals surface area contributed by atoms with Crippen molar-refractivity contribution in [2.24, 2.45) is 0 Å². The number of nitrogens with zero attached hydrogens (tertiary/aromatic N) is 2. The molecule has 5 heteroatoms. The maximum Gasteiger partial charge on any atom is 0.128 e. The second-order valence-corrected chi connectivity index (χ2v) is 6.72. The molecule has 1 N–H and O–H groups in total. The monoisotopic (exact) mass is 299 g/mol. The van der Waals surface area contributed by atoms with Crippen LogP contribution in [0.1, 0.15) is 26.0 Å². The Morgan fingerprint density at radius 2 is 2.21 bits per heavy atom. The van der Waals surface area contributed by atoms with Gasteiger partial charge in [0.1, 0.15) is 5.82 Å². The Kier molecular flexibility index (Phi) is 5.79. The minimum Gasteiger partial charge on any atom is -0.356 e. The molecule has 0 aliphatic carbocycles. The molecule has 0 atom stereocenters. The minimum absolute atomic E-state index is 0.441. The molecule has 0 amide bonds. The summed E-state index contributed by atoms with van der Waals surface area (Å²) < 4.78 is 0. The van der Waals surface area contributed by atoms with Gasteiger partial charge in [0, 0.05) is 31.4 Å². The molecule has 106 valence electrons. The SMILES string of the molecule is CC(C)NCc1nc(N2CCCSCC2)ccc1Cl. The van der Waals surface area contributed by atoms with Crippen LogP contribution in [0, 0.1) is 0 Å². The topological polar surface area (TPSA) is 28.2 Å². The lowest BCUT2D eigenvalue weighted by Crippen LogP contribution is -2.27. The molecule has 2 rings (SSSR count). The Morgan fingerprint density at radius 3 is 3.00 bits per heavy atom. The van der Waals surface area contributed by atoms with Gasteiger partial charge in [-0.15, -0.1) is 0 Å². The Labute approximate surface area is 125 Å². The molecular weight excluding hydrogens is 278 g/mol. The number of rotatable bonds is 4. The largest absolute Gasteiger partial charge is 0.356 e. The number of thioether (sulfide) groups is 1. The van der Waals surface area contributed by atoms with E-state index in [2.05, 4.69) is 24.1 Å². The van der Waals surface area contributed by atoms with E-state index in [0.29, 0.717) is 6.04 Å². The number of pyridine rings is 1. The van der Waals surface area contributed by atoms with E-state index in [1.807, 2.05) is 23.9 Å². The standard InChI is InChI=1S/C14H22ClN3S/c1-11(2)16-10-13-12(15)4-5-14(17-13)18-6-3-8-19-9-7-18/h4-5,11,16H,3,6-10H2,1-2H3. The van der Waals surface area contributed by atoms with Crippen molar-refractivity contribution in [3.8, 4) is 0 Å². The van der Waals surface area contributed by atoms with Crippen LogP contribution in [-0.4, -0.2) is 35.6 Å². The highest BCUT2D eigenvalue weighted by molar-refractivity contribution is 7.99. The first-order valence-corrected chi connectivity index (χ1v) is 8.41. The minimum atomic E-state index is 0.441. The molecule has 1 aliphatic rings. The van der Waals surface area contributed by atoms with Gasteiger partial charge < -0.3 is 10.2 Å². The number of aromatic nitrogens is 1. The van der Waals surface area contributed by atoms with Crippen molar-refractivity contribution in [3.63, 3.8) is 0 Å². The number of hydrogen-bond acceptors (Lipinski definition) is 4. The van der Waals surface area contributed by atoms with Crippen LogP contribution in [0.4, 0.5) is 5.82 Å². The van der Waals surface area contributed by atoms with Crippen molar-refractivity contribution >= 4 is 29.2 Å². The predicted molar refractivity (Wildman–Crippen MR) is 85.4 cm³/mol. The summed E-state index contributed by atoms with van der Waals surface area (Å²) in [5.41, 5.74) is 0.949. The van der Waals surface area contributed by atoms with Crippen LogP contribution in [0.5, 0.6) is 0 Å². The quantitative estimate of drug-likeness (QED) is 0.924. The lowest BCUT2D eigenvalue weighted by atomic mass is 10.3. The fourth-order valence-electron chi connectivity index (χ4n) is 2.05. The van der Waals surface area contributed by atoms with Crippen LogP contribution in [0.2, 0.25) is 5.02 Å². The Bertz CT molecular complexity index is 404. The van der Waals surface area contributed by atoms with Crippen molar-refractivity contribution in [2.45, 2.75) is 32.9 Å². The van der Waals surface area contributed by atoms with E-state index >= 15 is 0 Å². The van der Waals surface area contributed by atoms with E-state index in [1.165, 1.54) is 17.9 Å². The molecule has 0 spiro atoms. The van der Waals surface area contributed by atoms with Gasteiger partial charge in [-0.05, 0) is 24.3 Å². The summed E-state index contributed by atoms with van der Waals surface area (Å²) in [6.45, 7) is 7.16. The molecule has 2 heterocycles. The summed E-state index contributed by atoms with van der Waals surface area (Å²) in [6, 6.07) is 4.45. The van der Waals surface area contributed by atoms with Gasteiger partial charge in [0.15, 0.2) is 0 Å². The van der Waals surface area contributed by atoms with Crippen LogP contribution in [-0.2, 0) is 6.54 Å². The van der Waals surface area contributed by atoms with Crippen molar-refractivity contribution < 1.29 is 0 Å². The van der Waals surface area contributed by atoms with E-state index < -0.39 is 0 Å². The zero-order valence-electron chi connectivity index (χ0n) is 11.7. The second-order valence-electron chi connectivity index (χ2n) is 5.09. The lowest BCUT2D eigenvalue weighted by Gasteiger charge is -2.22. The highest BCUT2D eigenvalue weighted by Gasteiger charge is 2.13. The molecule has 1 aromatic heterocycles. The van der Waals surface area contributed by atoms with Crippen LogP contribution >= 0.6 is 23.4 Å². The van der Waals surface area contributed by atoms with Crippen LogP contribution in [0.25, 0.3) is 0 Å². The normalized spacial score (nSPS) is 16.7. The van der Waals surface area contributed by atoms with Gasteiger partial charge in [-0.25, -0.2) is 4.98 Å². The zero-order chi connectivity index (χ0) is 13.7. The highest BCUT2D eigenvalue weighted by atomic mass is 35.5. The van der Waals surface area contributed by atoms with E-state index in [0.717, 1.165) is 36.2 Å². The predicted octanol–water partition coefficient (Wildman–Crippen LogP) is 3.18. The van der Waals surface area contributed by atoms with E-state index in [4.69, 9.17) is 16.6 Å². The maximum absolute atomic E-state index is 6.23. The lowest BCUT2D eigenvalue weighted by molar-refractivity contribution is 0.581. The van der Waals surface area contributed by atoms with Gasteiger partial charge in [-0.3, -0.25) is 0 Å². The average Bonchev–Trinajstić information content (AvgIpc) is 2.66. The Hall–Kier alpha value is -0.450. The van der Waals surface area contributed by atoms with Gasteiger partial charge in [-0.2, -0.15) is 11.8 Å². The van der Waals surface area contributed by atoms with Gasteiger partial charge in [0.2, 0.25) is 0 Å². The molecule has 0 bridgehead atoms. The summed E-state index contributed by atoms with van der Waals surface area (Å²) in [5, 5.41) is 4.13. The fraction of sp³-hybridized carbons (Fsp3) is 0.643. The molecular formula is C14H22ClN3S. The van der Waals surface area contributed by atoms with Gasteiger partial charge in [0.25, 0.3) is 0 Å². The van der Waals surface area contributed by atoms with Crippen LogP contribution in [0.15, 0.2) is 12.1 Å². The molecule has 0 aromatic carbocycles. The molecule has 1 aromatic rings. The molecule has 0 unspecified atom stereocenters. The van der Waals surface area contributed by atoms with Crippen LogP contribution in [0.3, 0.4) is 0 Å². The van der Waals surface area contributed by atoms with Crippen molar-refractivity contribution in [1.29, 1.82) is 0 Å². The molecule has 19 heavy (non-hydrogen) atoms. The van der Waals surface area contributed by atoms with Crippen molar-refractivity contribution in [3.05, 3.63) is 22.8 Å². The third-order valence-electron chi connectivity index (χ3n) is 3.13. The highest BCUT2D eigenvalue weighted by Crippen LogP contribution is 2.21. The first-order valence-electron chi connectivity index (χ1n) is 6.88. The fourth-order valence-corrected chi connectivity index (χ4v) is 3.11. The Balaban J connectivity index is 2.10. The van der Waals surface area contributed by atoms with E-state index in [1.54, 1.807) is 0 Å². The number of halogens is 1. The zero-order valence-corrected chi connectivity index (χ0v) is 13.2. The van der Waals surface area contributed by atoms with Gasteiger partial charge in [-0.1, -0.05) is 25.4 Å². The molecule has 1 saturated heterocycles. The van der Waals surface area contributed by atoms with E-state index in [9.17, 15) is 0 Å². The number of nitrogens with one attached hydrogen (secondary N) is 1. The van der Waals surface area contributed by atoms with Gasteiger partial charge in [0.05, 0.1) is 10.7 Å². The number of hydrogen-bond donors (Lipinski definition) is 1. The van der Waals surface area contributed by atoms with Crippen molar-refractivity contribution in [1.82, 2.24) is 10.3 Å². The summed E-state index contributed by atoms with van der Waals surface area (Å²) in [6.07, 6.45) is 1.23. The summed E-state index contributed by atoms with van der Waals surface area (Å²) in [4.78, 5) is 7.10. The molecule has 3 nitrogen and oxygen atoms in total. The average molecular weight is 300 g/mol. The molecule has 0 saturated carbocycles. The third kappa shape index (κ3) is 4.55. The molecule has 1 aliphatic heterocycles. The number of anilines is 1.